The molecule has 9 nitrogen and oxygen atoms in total. The minimum atomic E-state index is -3.93. The van der Waals surface area contributed by atoms with Crippen LogP contribution in [0.3, 0.4) is 0 Å². The van der Waals surface area contributed by atoms with Gasteiger partial charge in [-0.25, -0.2) is 17.8 Å². The number of halogens is 1. The number of pyridine rings is 1. The standard InChI is InChI=1S/C25H25FN6O3S/c1-30-5-7-32(8-6-30)36(34,35)23-11-20(10-22(26)13-23)25(33)29-24-12-19-9-17(3-4-18(19)14-27-24)21-15-28-31(2)16-21/h3-4,9-16H,5-8H2,1-2H3,(H,27,29,33). The van der Waals surface area contributed by atoms with Crippen molar-refractivity contribution in [3.63, 3.8) is 0 Å². The zero-order valence-corrected chi connectivity index (χ0v) is 20.7. The number of carbonyl (C=O) groups excluding carboxylic acids is 1. The predicted octanol–water partition coefficient (Wildman–Crippen LogP) is 2.96. The van der Waals surface area contributed by atoms with E-state index in [1.165, 1.54) is 10.4 Å². The van der Waals surface area contributed by atoms with Gasteiger partial charge in [0.2, 0.25) is 10.0 Å². The van der Waals surface area contributed by atoms with Gasteiger partial charge in [0.25, 0.3) is 5.91 Å². The fourth-order valence-electron chi connectivity index (χ4n) is 4.17. The summed E-state index contributed by atoms with van der Waals surface area (Å²) < 4.78 is 43.6. The molecule has 0 aliphatic carbocycles. The minimum absolute atomic E-state index is 0.103. The van der Waals surface area contributed by atoms with Gasteiger partial charge >= 0.3 is 0 Å². The lowest BCUT2D eigenvalue weighted by Crippen LogP contribution is -2.47. The molecule has 186 valence electrons. The zero-order valence-electron chi connectivity index (χ0n) is 19.8. The Morgan fingerprint density at radius 1 is 0.944 bits per heavy atom. The molecule has 1 aliphatic heterocycles. The Morgan fingerprint density at radius 3 is 2.44 bits per heavy atom. The molecule has 5 rings (SSSR count). The van der Waals surface area contributed by atoms with Crippen molar-refractivity contribution in [2.45, 2.75) is 4.90 Å². The van der Waals surface area contributed by atoms with Crippen LogP contribution in [-0.2, 0) is 17.1 Å². The molecule has 1 saturated heterocycles. The van der Waals surface area contributed by atoms with Gasteiger partial charge in [0.1, 0.15) is 11.6 Å². The van der Waals surface area contributed by atoms with Crippen molar-refractivity contribution in [2.75, 3.05) is 38.5 Å². The van der Waals surface area contributed by atoms with Crippen LogP contribution in [0.15, 0.2) is 66.0 Å². The van der Waals surface area contributed by atoms with Crippen LogP contribution >= 0.6 is 0 Å². The first-order valence-electron chi connectivity index (χ1n) is 11.4. The maximum absolute atomic E-state index is 14.4. The third-order valence-corrected chi connectivity index (χ3v) is 8.11. The SMILES string of the molecule is CN1CCN(S(=O)(=O)c2cc(F)cc(C(=O)Nc3cc4cc(-c5cnn(C)c5)ccc4cn3)c2)CC1. The second kappa shape index (κ2) is 9.41. The number of fused-ring (bicyclic) bond motifs is 1. The summed E-state index contributed by atoms with van der Waals surface area (Å²) in [5.41, 5.74) is 1.81. The molecule has 0 unspecified atom stereocenters. The van der Waals surface area contributed by atoms with Crippen LogP contribution in [-0.4, -0.2) is 71.5 Å². The quantitative estimate of drug-likeness (QED) is 0.445. The van der Waals surface area contributed by atoms with Crippen molar-refractivity contribution in [2.24, 2.45) is 7.05 Å². The van der Waals surface area contributed by atoms with E-state index in [1.807, 2.05) is 43.4 Å². The minimum Gasteiger partial charge on any atom is -0.307 e. The average molecular weight is 509 g/mol. The third-order valence-electron chi connectivity index (χ3n) is 6.24. The maximum atomic E-state index is 14.4. The van der Waals surface area contributed by atoms with Crippen LogP contribution in [0.4, 0.5) is 10.2 Å². The lowest BCUT2D eigenvalue weighted by molar-refractivity contribution is 0.102. The molecule has 1 amide bonds. The summed E-state index contributed by atoms with van der Waals surface area (Å²) in [6.07, 6.45) is 5.30. The molecule has 0 atom stereocenters. The summed E-state index contributed by atoms with van der Waals surface area (Å²) in [5.74, 6) is -1.19. The summed E-state index contributed by atoms with van der Waals surface area (Å²) >= 11 is 0. The number of likely N-dealkylation sites (N-methyl/N-ethyl adjacent to an activating group) is 1. The van der Waals surface area contributed by atoms with Crippen LogP contribution in [0.5, 0.6) is 0 Å². The Balaban J connectivity index is 1.40. The zero-order chi connectivity index (χ0) is 25.4. The molecule has 36 heavy (non-hydrogen) atoms. The van der Waals surface area contributed by atoms with E-state index in [4.69, 9.17) is 0 Å². The van der Waals surface area contributed by atoms with Crippen molar-refractivity contribution in [1.82, 2.24) is 24.0 Å². The predicted molar refractivity (Wildman–Crippen MR) is 135 cm³/mol. The Labute approximate surface area is 208 Å². The van der Waals surface area contributed by atoms with Crippen LogP contribution < -0.4 is 5.32 Å². The van der Waals surface area contributed by atoms with E-state index in [-0.39, 0.29) is 16.3 Å². The van der Waals surface area contributed by atoms with Crippen molar-refractivity contribution in [3.05, 3.63) is 72.4 Å². The molecular weight excluding hydrogens is 483 g/mol. The number of anilines is 1. The number of carbonyl (C=O) groups is 1. The molecule has 1 fully saturated rings. The van der Waals surface area contributed by atoms with Crippen molar-refractivity contribution in [1.29, 1.82) is 0 Å². The van der Waals surface area contributed by atoms with Gasteiger partial charge in [-0.1, -0.05) is 12.1 Å². The molecule has 0 saturated carbocycles. The topological polar surface area (TPSA) is 100 Å². The molecule has 2 aromatic carbocycles. The van der Waals surface area contributed by atoms with E-state index >= 15 is 0 Å². The number of nitrogens with zero attached hydrogens (tertiary/aromatic N) is 5. The fraction of sp³-hybridized carbons (Fsp3) is 0.240. The summed E-state index contributed by atoms with van der Waals surface area (Å²) in [5, 5.41) is 8.58. The van der Waals surface area contributed by atoms with Crippen LogP contribution in [0.25, 0.3) is 21.9 Å². The highest BCUT2D eigenvalue weighted by Gasteiger charge is 2.28. The third kappa shape index (κ3) is 4.85. The molecule has 0 spiro atoms. The smallest absolute Gasteiger partial charge is 0.256 e. The number of rotatable bonds is 5. The lowest BCUT2D eigenvalue weighted by Gasteiger charge is -2.31. The van der Waals surface area contributed by atoms with E-state index in [2.05, 4.69) is 15.4 Å². The monoisotopic (exact) mass is 508 g/mol. The van der Waals surface area contributed by atoms with Gasteiger partial charge in [-0.15, -0.1) is 0 Å². The largest absolute Gasteiger partial charge is 0.307 e. The first-order chi connectivity index (χ1) is 17.2. The van der Waals surface area contributed by atoms with Gasteiger partial charge in [-0.3, -0.25) is 9.48 Å². The first kappa shape index (κ1) is 24.0. The van der Waals surface area contributed by atoms with Crippen LogP contribution in [0.2, 0.25) is 0 Å². The Bertz CT molecular complexity index is 1560. The maximum Gasteiger partial charge on any atom is 0.256 e. The van der Waals surface area contributed by atoms with Gasteiger partial charge in [0.15, 0.2) is 0 Å². The van der Waals surface area contributed by atoms with Gasteiger partial charge in [0.05, 0.1) is 11.1 Å². The number of aryl methyl sites for hydroxylation is 1. The van der Waals surface area contributed by atoms with E-state index in [0.717, 1.165) is 34.0 Å². The Morgan fingerprint density at radius 2 is 1.72 bits per heavy atom. The fourth-order valence-corrected chi connectivity index (χ4v) is 5.65. The number of aromatic nitrogens is 3. The van der Waals surface area contributed by atoms with Crippen molar-refractivity contribution in [3.8, 4) is 11.1 Å². The van der Waals surface area contributed by atoms with Gasteiger partial charge < -0.3 is 10.2 Å². The van der Waals surface area contributed by atoms with Gasteiger partial charge in [-0.2, -0.15) is 9.40 Å². The van der Waals surface area contributed by atoms with E-state index in [1.54, 1.807) is 23.1 Å². The molecule has 1 aliphatic rings. The molecule has 0 radical (unpaired) electrons. The molecular formula is C25H25FN6O3S. The first-order valence-corrected chi connectivity index (χ1v) is 12.8. The second-order valence-corrected chi connectivity index (χ2v) is 10.8. The normalized spacial score (nSPS) is 15.3. The van der Waals surface area contributed by atoms with Gasteiger partial charge in [0, 0.05) is 62.1 Å². The molecule has 11 heteroatoms. The molecule has 0 bridgehead atoms. The number of amides is 1. The van der Waals surface area contributed by atoms with Crippen LogP contribution in [0, 0.1) is 5.82 Å². The summed E-state index contributed by atoms with van der Waals surface area (Å²) in [4.78, 5) is 19.0. The number of benzene rings is 2. The number of piperazine rings is 1. The Kier molecular flexibility index (Phi) is 6.29. The molecule has 4 aromatic rings. The van der Waals surface area contributed by atoms with E-state index in [9.17, 15) is 17.6 Å². The summed E-state index contributed by atoms with van der Waals surface area (Å²) in [6.45, 7) is 1.77. The highest BCUT2D eigenvalue weighted by atomic mass is 32.2. The van der Waals surface area contributed by atoms with Crippen molar-refractivity contribution < 1.29 is 17.6 Å². The lowest BCUT2D eigenvalue weighted by atomic mass is 10.1. The Hall–Kier alpha value is -3.67. The second-order valence-electron chi connectivity index (χ2n) is 8.87. The number of hydrogen-bond donors (Lipinski definition) is 1. The number of nitrogens with one attached hydrogen (secondary N) is 1. The highest BCUT2D eigenvalue weighted by Crippen LogP contribution is 2.26. The number of hydrogen-bond acceptors (Lipinski definition) is 6. The highest BCUT2D eigenvalue weighted by molar-refractivity contribution is 7.89. The molecule has 3 heterocycles. The van der Waals surface area contributed by atoms with Gasteiger partial charge in [-0.05, 0) is 48.3 Å². The summed E-state index contributed by atoms with van der Waals surface area (Å²) in [7, 11) is -0.175. The number of sulfonamides is 1. The van der Waals surface area contributed by atoms with E-state index < -0.39 is 21.7 Å². The average Bonchev–Trinajstić information content (AvgIpc) is 3.29. The molecule has 2 aromatic heterocycles. The summed E-state index contributed by atoms with van der Waals surface area (Å²) in [6, 6.07) is 10.7. The van der Waals surface area contributed by atoms with Crippen LogP contribution in [0.1, 0.15) is 10.4 Å². The van der Waals surface area contributed by atoms with Crippen molar-refractivity contribution >= 4 is 32.5 Å². The van der Waals surface area contributed by atoms with E-state index in [0.29, 0.717) is 26.2 Å². The molecule has 1 N–H and O–H groups in total.